The molecule has 0 spiro atoms. The van der Waals surface area contributed by atoms with Crippen LogP contribution in [0.25, 0.3) is 22.3 Å². The number of aliphatic hydroxyl groups is 2. The molecule has 0 aliphatic rings. The molecule has 3 rings (SSSR count). The van der Waals surface area contributed by atoms with Crippen LogP contribution in [0.1, 0.15) is 16.7 Å². The van der Waals surface area contributed by atoms with E-state index < -0.39 is 0 Å². The SMILES string of the molecule is Cc1ccc2oc(-c3cc(CO)cc(CO)c3)cc(=O)c2c1. The molecule has 0 saturated heterocycles. The molecule has 0 aliphatic heterocycles. The molecule has 0 fully saturated rings. The number of benzene rings is 2. The molecular formula is C18H16O4. The molecule has 112 valence electrons. The molecule has 0 unspecified atom stereocenters. The summed E-state index contributed by atoms with van der Waals surface area (Å²) in [7, 11) is 0. The highest BCUT2D eigenvalue weighted by molar-refractivity contribution is 5.79. The maximum atomic E-state index is 12.3. The van der Waals surface area contributed by atoms with E-state index >= 15 is 0 Å². The van der Waals surface area contributed by atoms with E-state index in [4.69, 9.17) is 4.42 Å². The maximum Gasteiger partial charge on any atom is 0.193 e. The van der Waals surface area contributed by atoms with Crippen LogP contribution in [0.4, 0.5) is 0 Å². The first-order chi connectivity index (χ1) is 10.6. The minimum atomic E-state index is -0.141. The summed E-state index contributed by atoms with van der Waals surface area (Å²) in [6, 6.07) is 12.1. The highest BCUT2D eigenvalue weighted by Crippen LogP contribution is 2.25. The van der Waals surface area contributed by atoms with Crippen LogP contribution in [0.3, 0.4) is 0 Å². The van der Waals surface area contributed by atoms with Crippen molar-refractivity contribution in [1.82, 2.24) is 0 Å². The molecule has 0 bridgehead atoms. The lowest BCUT2D eigenvalue weighted by Gasteiger charge is -2.08. The van der Waals surface area contributed by atoms with Gasteiger partial charge in [0, 0.05) is 11.6 Å². The molecule has 2 aromatic carbocycles. The Kier molecular flexibility index (Phi) is 3.79. The molecule has 3 aromatic rings. The monoisotopic (exact) mass is 296 g/mol. The average molecular weight is 296 g/mol. The Balaban J connectivity index is 2.22. The van der Waals surface area contributed by atoms with Gasteiger partial charge in [-0.1, -0.05) is 17.7 Å². The summed E-state index contributed by atoms with van der Waals surface area (Å²) in [5.41, 5.74) is 3.39. The van der Waals surface area contributed by atoms with E-state index in [1.807, 2.05) is 13.0 Å². The fourth-order valence-corrected chi connectivity index (χ4v) is 2.50. The minimum Gasteiger partial charge on any atom is -0.456 e. The van der Waals surface area contributed by atoms with Gasteiger partial charge in [-0.05, 0) is 42.3 Å². The van der Waals surface area contributed by atoms with Crippen LogP contribution < -0.4 is 5.43 Å². The van der Waals surface area contributed by atoms with E-state index in [0.29, 0.717) is 33.4 Å². The van der Waals surface area contributed by atoms with Crippen molar-refractivity contribution in [2.45, 2.75) is 20.1 Å². The van der Waals surface area contributed by atoms with Gasteiger partial charge in [0.2, 0.25) is 0 Å². The Labute approximate surface area is 127 Å². The molecular weight excluding hydrogens is 280 g/mol. The zero-order chi connectivity index (χ0) is 15.7. The van der Waals surface area contributed by atoms with Gasteiger partial charge in [0.1, 0.15) is 11.3 Å². The highest BCUT2D eigenvalue weighted by atomic mass is 16.3. The molecule has 1 heterocycles. The zero-order valence-corrected chi connectivity index (χ0v) is 12.2. The second-order valence-corrected chi connectivity index (χ2v) is 5.33. The van der Waals surface area contributed by atoms with Gasteiger partial charge < -0.3 is 14.6 Å². The summed E-state index contributed by atoms with van der Waals surface area (Å²) < 4.78 is 5.82. The third kappa shape index (κ3) is 2.66. The summed E-state index contributed by atoms with van der Waals surface area (Å²) in [6.45, 7) is 1.64. The van der Waals surface area contributed by atoms with Gasteiger partial charge >= 0.3 is 0 Å². The van der Waals surface area contributed by atoms with Crippen LogP contribution in [0.2, 0.25) is 0 Å². The predicted octanol–water partition coefficient (Wildman–Crippen LogP) is 2.75. The van der Waals surface area contributed by atoms with Crippen LogP contribution in [-0.4, -0.2) is 10.2 Å². The predicted molar refractivity (Wildman–Crippen MR) is 84.5 cm³/mol. The maximum absolute atomic E-state index is 12.3. The molecule has 22 heavy (non-hydrogen) atoms. The number of rotatable bonds is 3. The Morgan fingerprint density at radius 3 is 2.27 bits per heavy atom. The normalized spacial score (nSPS) is 11.0. The van der Waals surface area contributed by atoms with E-state index in [0.717, 1.165) is 5.56 Å². The summed E-state index contributed by atoms with van der Waals surface area (Å²) in [6.07, 6.45) is 0. The molecule has 0 atom stereocenters. The summed E-state index contributed by atoms with van der Waals surface area (Å²) >= 11 is 0. The van der Waals surface area contributed by atoms with Gasteiger partial charge in [-0.15, -0.1) is 0 Å². The van der Waals surface area contributed by atoms with Gasteiger partial charge in [-0.25, -0.2) is 0 Å². The smallest absolute Gasteiger partial charge is 0.193 e. The first kappa shape index (κ1) is 14.5. The molecule has 0 saturated carbocycles. The van der Waals surface area contributed by atoms with Gasteiger partial charge in [-0.2, -0.15) is 0 Å². The Morgan fingerprint density at radius 1 is 0.955 bits per heavy atom. The van der Waals surface area contributed by atoms with Gasteiger partial charge in [0.25, 0.3) is 0 Å². The van der Waals surface area contributed by atoms with E-state index in [-0.39, 0.29) is 18.6 Å². The first-order valence-electron chi connectivity index (χ1n) is 7.00. The number of hydrogen-bond donors (Lipinski definition) is 2. The van der Waals surface area contributed by atoms with Crippen LogP contribution in [0.15, 0.2) is 51.7 Å². The minimum absolute atomic E-state index is 0.111. The van der Waals surface area contributed by atoms with E-state index in [1.54, 1.807) is 30.3 Å². The molecule has 4 heteroatoms. The first-order valence-corrected chi connectivity index (χ1v) is 7.00. The zero-order valence-electron chi connectivity index (χ0n) is 12.2. The van der Waals surface area contributed by atoms with Crippen molar-refractivity contribution >= 4 is 11.0 Å². The molecule has 4 nitrogen and oxygen atoms in total. The Morgan fingerprint density at radius 2 is 1.64 bits per heavy atom. The van der Waals surface area contributed by atoms with Gasteiger partial charge in [0.05, 0.1) is 18.6 Å². The van der Waals surface area contributed by atoms with Crippen molar-refractivity contribution < 1.29 is 14.6 Å². The van der Waals surface area contributed by atoms with E-state index in [1.165, 1.54) is 6.07 Å². The quantitative estimate of drug-likeness (QED) is 0.779. The second-order valence-electron chi connectivity index (χ2n) is 5.33. The van der Waals surface area contributed by atoms with Crippen LogP contribution in [-0.2, 0) is 13.2 Å². The second kappa shape index (κ2) is 5.75. The largest absolute Gasteiger partial charge is 0.456 e. The van der Waals surface area contributed by atoms with Crippen molar-refractivity contribution in [3.05, 3.63) is 69.4 Å². The molecule has 1 aromatic heterocycles. The van der Waals surface area contributed by atoms with Crippen molar-refractivity contribution in [3.63, 3.8) is 0 Å². The topological polar surface area (TPSA) is 70.7 Å². The lowest BCUT2D eigenvalue weighted by Crippen LogP contribution is -2.01. The van der Waals surface area contributed by atoms with E-state index in [9.17, 15) is 15.0 Å². The van der Waals surface area contributed by atoms with Crippen molar-refractivity contribution in [2.75, 3.05) is 0 Å². The number of aryl methyl sites for hydroxylation is 1. The van der Waals surface area contributed by atoms with Gasteiger partial charge in [0.15, 0.2) is 5.43 Å². The van der Waals surface area contributed by atoms with Crippen LogP contribution in [0, 0.1) is 6.92 Å². The molecule has 0 aliphatic carbocycles. The Hall–Kier alpha value is -2.43. The molecule has 0 radical (unpaired) electrons. The number of fused-ring (bicyclic) bond motifs is 1. The van der Waals surface area contributed by atoms with E-state index in [2.05, 4.69) is 0 Å². The Bertz CT molecular complexity index is 871. The summed E-state index contributed by atoms with van der Waals surface area (Å²) in [5.74, 6) is 0.423. The van der Waals surface area contributed by atoms with Crippen LogP contribution in [0.5, 0.6) is 0 Å². The third-order valence-corrected chi connectivity index (χ3v) is 3.58. The number of aliphatic hydroxyl groups excluding tert-OH is 2. The lowest BCUT2D eigenvalue weighted by molar-refractivity contribution is 0.275. The average Bonchev–Trinajstić information content (AvgIpc) is 2.54. The fourth-order valence-electron chi connectivity index (χ4n) is 2.50. The summed E-state index contributed by atoms with van der Waals surface area (Å²) in [4.78, 5) is 12.3. The van der Waals surface area contributed by atoms with Crippen molar-refractivity contribution in [2.24, 2.45) is 0 Å². The fraction of sp³-hybridized carbons (Fsp3) is 0.167. The lowest BCUT2D eigenvalue weighted by atomic mass is 10.0. The highest BCUT2D eigenvalue weighted by Gasteiger charge is 2.09. The molecule has 0 amide bonds. The standard InChI is InChI=1S/C18H16O4/c1-11-2-3-17-15(4-11)16(21)8-18(22-17)14-6-12(9-19)5-13(7-14)10-20/h2-8,19-20H,9-10H2,1H3. The van der Waals surface area contributed by atoms with Crippen molar-refractivity contribution in [3.8, 4) is 11.3 Å². The number of hydrogen-bond acceptors (Lipinski definition) is 4. The third-order valence-electron chi connectivity index (χ3n) is 3.58. The summed E-state index contributed by atoms with van der Waals surface area (Å²) in [5, 5.41) is 19.2. The van der Waals surface area contributed by atoms with Crippen LogP contribution >= 0.6 is 0 Å². The van der Waals surface area contributed by atoms with Crippen molar-refractivity contribution in [1.29, 1.82) is 0 Å². The van der Waals surface area contributed by atoms with Gasteiger partial charge in [-0.3, -0.25) is 4.79 Å². The molecule has 2 N–H and O–H groups in total.